The van der Waals surface area contributed by atoms with Gasteiger partial charge in [-0.3, -0.25) is 4.79 Å². The fourth-order valence-electron chi connectivity index (χ4n) is 1.74. The Morgan fingerprint density at radius 1 is 1.37 bits per heavy atom. The van der Waals surface area contributed by atoms with Crippen LogP contribution >= 0.6 is 0 Å². The van der Waals surface area contributed by atoms with Crippen LogP contribution in [0, 0.1) is 5.82 Å². The molecule has 1 aromatic carbocycles. The molecule has 0 bridgehead atoms. The standard InChI is InChI=1S/C13H18FNO4/c14-10-7-9(13(19)11(16)5-6-15)2-1-8(10)3-4-12(17)18/h1-2,7,11,13,16,19H,3-6,15H2,(H,17,18). The van der Waals surface area contributed by atoms with Gasteiger partial charge in [0.05, 0.1) is 6.10 Å². The summed E-state index contributed by atoms with van der Waals surface area (Å²) in [5, 5.41) is 27.9. The Bertz CT molecular complexity index is 439. The van der Waals surface area contributed by atoms with Gasteiger partial charge in [-0.15, -0.1) is 0 Å². The van der Waals surface area contributed by atoms with E-state index in [0.717, 1.165) is 6.07 Å². The first-order valence-corrected chi connectivity index (χ1v) is 6.02. The number of benzene rings is 1. The van der Waals surface area contributed by atoms with Gasteiger partial charge in [-0.25, -0.2) is 4.39 Å². The van der Waals surface area contributed by atoms with Gasteiger partial charge in [-0.1, -0.05) is 12.1 Å². The number of aliphatic hydroxyl groups is 2. The number of carboxylic acid groups (broad SMARTS) is 1. The molecule has 5 nitrogen and oxygen atoms in total. The number of aryl methyl sites for hydroxylation is 1. The number of rotatable bonds is 7. The van der Waals surface area contributed by atoms with Crippen LogP contribution < -0.4 is 5.73 Å². The quantitative estimate of drug-likeness (QED) is 0.581. The Labute approximate surface area is 110 Å². The predicted molar refractivity (Wildman–Crippen MR) is 67.0 cm³/mol. The van der Waals surface area contributed by atoms with Gasteiger partial charge < -0.3 is 21.1 Å². The van der Waals surface area contributed by atoms with Crippen LogP contribution in [-0.4, -0.2) is 33.9 Å². The van der Waals surface area contributed by atoms with E-state index >= 15 is 0 Å². The van der Waals surface area contributed by atoms with Gasteiger partial charge in [0, 0.05) is 6.42 Å². The van der Waals surface area contributed by atoms with Gasteiger partial charge in [0.25, 0.3) is 0 Å². The summed E-state index contributed by atoms with van der Waals surface area (Å²) in [7, 11) is 0. The van der Waals surface area contributed by atoms with E-state index in [2.05, 4.69) is 0 Å². The average Bonchev–Trinajstić information content (AvgIpc) is 2.36. The molecule has 0 fully saturated rings. The number of carboxylic acids is 1. The van der Waals surface area contributed by atoms with E-state index < -0.39 is 24.0 Å². The molecule has 0 aromatic heterocycles. The van der Waals surface area contributed by atoms with E-state index in [-0.39, 0.29) is 36.9 Å². The van der Waals surface area contributed by atoms with E-state index in [1.807, 2.05) is 0 Å². The molecular formula is C13H18FNO4. The van der Waals surface area contributed by atoms with Crippen LogP contribution in [-0.2, 0) is 11.2 Å². The summed E-state index contributed by atoms with van der Waals surface area (Å²) >= 11 is 0. The van der Waals surface area contributed by atoms with Crippen LogP contribution in [0.4, 0.5) is 4.39 Å². The molecule has 0 spiro atoms. The SMILES string of the molecule is NCCC(O)C(O)c1ccc(CCC(=O)O)c(F)c1. The summed E-state index contributed by atoms with van der Waals surface area (Å²) in [6.07, 6.45) is -2.11. The summed E-state index contributed by atoms with van der Waals surface area (Å²) in [5.74, 6) is -1.58. The molecule has 106 valence electrons. The summed E-state index contributed by atoms with van der Waals surface area (Å²) in [6, 6.07) is 4.01. The highest BCUT2D eigenvalue weighted by Crippen LogP contribution is 2.21. The molecular weight excluding hydrogens is 253 g/mol. The van der Waals surface area contributed by atoms with Gasteiger partial charge in [0.15, 0.2) is 0 Å². The average molecular weight is 271 g/mol. The van der Waals surface area contributed by atoms with Crippen LogP contribution in [0.1, 0.15) is 30.1 Å². The molecule has 0 heterocycles. The van der Waals surface area contributed by atoms with Gasteiger partial charge in [0.2, 0.25) is 0 Å². The van der Waals surface area contributed by atoms with Gasteiger partial charge in [-0.2, -0.15) is 0 Å². The first-order chi connectivity index (χ1) is 8.95. The molecule has 2 atom stereocenters. The summed E-state index contributed by atoms with van der Waals surface area (Å²) in [6.45, 7) is 0.220. The van der Waals surface area contributed by atoms with Gasteiger partial charge in [-0.05, 0) is 36.6 Å². The molecule has 0 aliphatic heterocycles. The molecule has 19 heavy (non-hydrogen) atoms. The van der Waals surface area contributed by atoms with Crippen molar-refractivity contribution in [3.63, 3.8) is 0 Å². The molecule has 0 aliphatic rings. The molecule has 0 radical (unpaired) electrons. The van der Waals surface area contributed by atoms with Gasteiger partial charge >= 0.3 is 5.97 Å². The first kappa shape index (κ1) is 15.6. The van der Waals surface area contributed by atoms with Crippen molar-refractivity contribution in [1.29, 1.82) is 0 Å². The van der Waals surface area contributed by atoms with Crippen LogP contribution in [0.3, 0.4) is 0 Å². The Hall–Kier alpha value is -1.50. The Morgan fingerprint density at radius 3 is 2.58 bits per heavy atom. The lowest BCUT2D eigenvalue weighted by atomic mass is 9.99. The van der Waals surface area contributed by atoms with Crippen molar-refractivity contribution in [2.75, 3.05) is 6.54 Å². The maximum Gasteiger partial charge on any atom is 0.303 e. The molecule has 0 saturated heterocycles. The second-order valence-electron chi connectivity index (χ2n) is 4.33. The number of hydrogen-bond donors (Lipinski definition) is 4. The molecule has 2 unspecified atom stereocenters. The highest BCUT2D eigenvalue weighted by Gasteiger charge is 2.18. The largest absolute Gasteiger partial charge is 0.481 e. The highest BCUT2D eigenvalue weighted by molar-refractivity contribution is 5.67. The minimum absolute atomic E-state index is 0.0862. The van der Waals surface area contributed by atoms with E-state index in [1.165, 1.54) is 12.1 Å². The molecule has 0 aliphatic carbocycles. The van der Waals surface area contributed by atoms with Crippen LogP contribution in [0.2, 0.25) is 0 Å². The topological polar surface area (TPSA) is 104 Å². The van der Waals surface area contributed by atoms with E-state index in [1.54, 1.807) is 0 Å². The lowest BCUT2D eigenvalue weighted by Gasteiger charge is -2.18. The number of halogens is 1. The van der Waals surface area contributed by atoms with Gasteiger partial charge in [0.1, 0.15) is 11.9 Å². The number of carbonyl (C=O) groups is 1. The highest BCUT2D eigenvalue weighted by atomic mass is 19.1. The van der Waals surface area contributed by atoms with Crippen molar-refractivity contribution in [1.82, 2.24) is 0 Å². The fraction of sp³-hybridized carbons (Fsp3) is 0.462. The lowest BCUT2D eigenvalue weighted by Crippen LogP contribution is -2.22. The molecule has 1 rings (SSSR count). The maximum absolute atomic E-state index is 13.7. The van der Waals surface area contributed by atoms with Crippen molar-refractivity contribution in [3.05, 3.63) is 35.1 Å². The zero-order valence-corrected chi connectivity index (χ0v) is 10.4. The molecule has 5 N–H and O–H groups in total. The second-order valence-corrected chi connectivity index (χ2v) is 4.33. The maximum atomic E-state index is 13.7. The van der Waals surface area contributed by atoms with Crippen molar-refractivity contribution >= 4 is 5.97 Å². The molecule has 0 saturated carbocycles. The summed E-state index contributed by atoms with van der Waals surface area (Å²) in [4.78, 5) is 10.4. The van der Waals surface area contributed by atoms with E-state index in [4.69, 9.17) is 10.8 Å². The number of hydrogen-bond acceptors (Lipinski definition) is 4. The number of aliphatic carboxylic acids is 1. The third-order valence-electron chi connectivity index (χ3n) is 2.85. The van der Waals surface area contributed by atoms with E-state index in [0.29, 0.717) is 0 Å². The smallest absolute Gasteiger partial charge is 0.303 e. The minimum Gasteiger partial charge on any atom is -0.481 e. The Balaban J connectivity index is 2.78. The van der Waals surface area contributed by atoms with Crippen molar-refractivity contribution in [2.24, 2.45) is 5.73 Å². The third kappa shape index (κ3) is 4.59. The van der Waals surface area contributed by atoms with Crippen LogP contribution in [0.15, 0.2) is 18.2 Å². The van der Waals surface area contributed by atoms with Crippen molar-refractivity contribution < 1.29 is 24.5 Å². The van der Waals surface area contributed by atoms with E-state index in [9.17, 15) is 19.4 Å². The zero-order valence-electron chi connectivity index (χ0n) is 10.4. The lowest BCUT2D eigenvalue weighted by molar-refractivity contribution is -0.136. The monoisotopic (exact) mass is 271 g/mol. The second kappa shape index (κ2) is 7.18. The third-order valence-corrected chi connectivity index (χ3v) is 2.85. The summed E-state index contributed by atoms with van der Waals surface area (Å²) < 4.78 is 13.7. The predicted octanol–water partition coefficient (Wildman–Crippen LogP) is 0.586. The molecule has 6 heteroatoms. The molecule has 0 amide bonds. The normalized spacial score (nSPS) is 14.1. The Kier molecular flexibility index (Phi) is 5.88. The fourth-order valence-corrected chi connectivity index (χ4v) is 1.74. The van der Waals surface area contributed by atoms with Crippen molar-refractivity contribution in [3.8, 4) is 0 Å². The van der Waals surface area contributed by atoms with Crippen molar-refractivity contribution in [2.45, 2.75) is 31.5 Å². The number of aliphatic hydroxyl groups excluding tert-OH is 2. The first-order valence-electron chi connectivity index (χ1n) is 6.02. The number of nitrogens with two attached hydrogens (primary N) is 1. The minimum atomic E-state index is -1.20. The summed E-state index contributed by atoms with van der Waals surface area (Å²) in [5.41, 5.74) is 5.78. The molecule has 1 aromatic rings. The van der Waals surface area contributed by atoms with Crippen LogP contribution in [0.5, 0.6) is 0 Å². The Morgan fingerprint density at radius 2 is 2.05 bits per heavy atom. The van der Waals surface area contributed by atoms with Crippen LogP contribution in [0.25, 0.3) is 0 Å². The zero-order chi connectivity index (χ0) is 14.4.